The number of pyridine rings is 1. The van der Waals surface area contributed by atoms with E-state index in [-0.39, 0.29) is 24.6 Å². The summed E-state index contributed by atoms with van der Waals surface area (Å²) in [5, 5.41) is 16.3. The fourth-order valence-electron chi connectivity index (χ4n) is 2.55. The van der Waals surface area contributed by atoms with Gasteiger partial charge < -0.3 is 15.2 Å². The molecule has 28 heavy (non-hydrogen) atoms. The number of hydrogen-bond donors (Lipinski definition) is 2. The molecule has 0 aliphatic heterocycles. The van der Waals surface area contributed by atoms with Gasteiger partial charge in [-0.25, -0.2) is 0 Å². The van der Waals surface area contributed by atoms with E-state index in [4.69, 9.17) is 5.11 Å². The molecule has 0 unspecified atom stereocenters. The van der Waals surface area contributed by atoms with Crippen molar-refractivity contribution in [3.8, 4) is 5.75 Å². The van der Waals surface area contributed by atoms with Crippen LogP contribution in [-0.2, 0) is 6.54 Å². The van der Waals surface area contributed by atoms with Crippen LogP contribution in [0.25, 0.3) is 10.9 Å². The minimum atomic E-state index is -4.39. The third-order valence-corrected chi connectivity index (χ3v) is 3.76. The molecule has 0 saturated carbocycles. The van der Waals surface area contributed by atoms with Crippen molar-refractivity contribution in [2.24, 2.45) is 0 Å². The third-order valence-electron chi connectivity index (χ3n) is 3.76. The monoisotopic (exact) mass is 394 g/mol. The topological polar surface area (TPSA) is 89.3 Å². The molecule has 0 aliphatic carbocycles. The van der Waals surface area contributed by atoms with Crippen LogP contribution >= 0.6 is 0 Å². The Labute approximate surface area is 157 Å². The summed E-state index contributed by atoms with van der Waals surface area (Å²) in [5.74, 6) is -0.288. The number of amides is 1. The molecule has 0 radical (unpaired) electrons. The number of rotatable bonds is 7. The molecule has 0 aliphatic rings. The second-order valence-electron chi connectivity index (χ2n) is 5.95. The van der Waals surface area contributed by atoms with Crippen molar-refractivity contribution < 1.29 is 27.8 Å². The smallest absolute Gasteiger partial charge is 0.422 e. The number of halogens is 3. The summed E-state index contributed by atoms with van der Waals surface area (Å²) in [6.45, 7) is -1.05. The lowest BCUT2D eigenvalue weighted by Crippen LogP contribution is -2.27. The van der Waals surface area contributed by atoms with Crippen LogP contribution in [0.4, 0.5) is 13.2 Å². The van der Waals surface area contributed by atoms with E-state index in [1.165, 1.54) is 18.3 Å². The number of carbonyl (C=O) groups excluding carboxylic acids is 1. The molecule has 0 bridgehead atoms. The minimum Gasteiger partial charge on any atom is -0.484 e. The molecular weight excluding hydrogens is 377 g/mol. The lowest BCUT2D eigenvalue weighted by molar-refractivity contribution is -0.153. The first-order valence-corrected chi connectivity index (χ1v) is 8.35. The summed E-state index contributed by atoms with van der Waals surface area (Å²) < 4.78 is 42.8. The van der Waals surface area contributed by atoms with Crippen LogP contribution in [0.1, 0.15) is 16.1 Å². The largest absolute Gasteiger partial charge is 0.484 e. The number of aromatic nitrogens is 3. The predicted octanol–water partition coefficient (Wildman–Crippen LogP) is 2.14. The first-order chi connectivity index (χ1) is 13.4. The van der Waals surface area contributed by atoms with Gasteiger partial charge in [-0.15, -0.1) is 0 Å². The van der Waals surface area contributed by atoms with Gasteiger partial charge in [-0.3, -0.25) is 14.5 Å². The number of nitrogens with zero attached hydrogens (tertiary/aromatic N) is 3. The van der Waals surface area contributed by atoms with Gasteiger partial charge in [-0.2, -0.15) is 18.3 Å². The average molecular weight is 394 g/mol. The van der Waals surface area contributed by atoms with Gasteiger partial charge in [0.1, 0.15) is 11.4 Å². The summed E-state index contributed by atoms with van der Waals surface area (Å²) in [6.07, 6.45) is -1.24. The van der Waals surface area contributed by atoms with E-state index < -0.39 is 18.7 Å². The molecular formula is C18H17F3N4O3. The molecule has 0 spiro atoms. The van der Waals surface area contributed by atoms with E-state index in [1.807, 2.05) is 0 Å². The molecule has 2 aromatic heterocycles. The molecule has 148 valence electrons. The zero-order valence-electron chi connectivity index (χ0n) is 14.6. The van der Waals surface area contributed by atoms with Crippen LogP contribution in [0.2, 0.25) is 0 Å². The molecule has 0 fully saturated rings. The predicted molar refractivity (Wildman–Crippen MR) is 94.0 cm³/mol. The molecule has 1 aromatic carbocycles. The van der Waals surface area contributed by atoms with Gasteiger partial charge in [0.15, 0.2) is 6.61 Å². The number of alkyl halides is 3. The fourth-order valence-corrected chi connectivity index (χ4v) is 2.55. The van der Waals surface area contributed by atoms with Gasteiger partial charge in [0.25, 0.3) is 5.91 Å². The van der Waals surface area contributed by atoms with E-state index in [0.29, 0.717) is 17.4 Å². The number of hydrogen-bond acceptors (Lipinski definition) is 5. The highest BCUT2D eigenvalue weighted by Gasteiger charge is 2.28. The van der Waals surface area contributed by atoms with Gasteiger partial charge in [0, 0.05) is 18.9 Å². The van der Waals surface area contributed by atoms with Crippen LogP contribution in [0.3, 0.4) is 0 Å². The molecule has 2 N–H and O–H groups in total. The molecule has 2 heterocycles. The molecule has 3 rings (SSSR count). The quantitative estimate of drug-likeness (QED) is 0.641. The lowest BCUT2D eigenvalue weighted by atomic mass is 10.2. The van der Waals surface area contributed by atoms with Gasteiger partial charge in [-0.1, -0.05) is 12.1 Å². The third kappa shape index (κ3) is 4.97. The Morgan fingerprint density at radius 2 is 1.96 bits per heavy atom. The summed E-state index contributed by atoms with van der Waals surface area (Å²) in [5.41, 5.74) is 1.58. The van der Waals surface area contributed by atoms with Crippen LogP contribution in [0, 0.1) is 0 Å². The van der Waals surface area contributed by atoms with Crippen LogP contribution in [0.15, 0.2) is 42.7 Å². The normalized spacial score (nSPS) is 11.6. The maximum absolute atomic E-state index is 12.2. The second kappa shape index (κ2) is 8.26. The Bertz CT molecular complexity index is 955. The Morgan fingerprint density at radius 3 is 2.64 bits per heavy atom. The second-order valence-corrected chi connectivity index (χ2v) is 5.95. The van der Waals surface area contributed by atoms with Crippen molar-refractivity contribution in [3.05, 3.63) is 54.0 Å². The van der Waals surface area contributed by atoms with Crippen LogP contribution in [0.5, 0.6) is 5.75 Å². The highest BCUT2D eigenvalue weighted by atomic mass is 19.4. The molecule has 0 atom stereocenters. The first-order valence-electron chi connectivity index (χ1n) is 8.35. The van der Waals surface area contributed by atoms with Gasteiger partial charge in [0.05, 0.1) is 24.1 Å². The van der Waals surface area contributed by atoms with Gasteiger partial charge in [-0.05, 0) is 23.8 Å². The van der Waals surface area contributed by atoms with Crippen molar-refractivity contribution in [2.75, 3.05) is 19.8 Å². The highest BCUT2D eigenvalue weighted by molar-refractivity contribution is 6.04. The van der Waals surface area contributed by atoms with Gasteiger partial charge >= 0.3 is 6.18 Å². The molecule has 0 saturated heterocycles. The zero-order chi connectivity index (χ0) is 20.1. The molecule has 1 amide bonds. The average Bonchev–Trinajstić information content (AvgIpc) is 3.07. The maximum atomic E-state index is 12.2. The van der Waals surface area contributed by atoms with Crippen LogP contribution in [-0.4, -0.2) is 51.7 Å². The number of nitrogens with one attached hydrogen (secondary N) is 1. The number of aliphatic hydroxyl groups excluding tert-OH is 1. The fraction of sp³-hybridized carbons (Fsp3) is 0.278. The molecule has 3 aromatic rings. The Hall–Kier alpha value is -3.14. The van der Waals surface area contributed by atoms with Gasteiger partial charge in [0.2, 0.25) is 0 Å². The van der Waals surface area contributed by atoms with E-state index in [2.05, 4.69) is 20.1 Å². The SMILES string of the molecule is O=C(NCCO)c1nccc2nn(Cc3ccc(OCC(F)(F)F)cc3)cc12. The number of ether oxygens (including phenoxy) is 1. The first kappa shape index (κ1) is 19.6. The maximum Gasteiger partial charge on any atom is 0.422 e. The Kier molecular flexibility index (Phi) is 5.78. The zero-order valence-corrected chi connectivity index (χ0v) is 14.6. The van der Waals surface area contributed by atoms with Crippen molar-refractivity contribution in [1.82, 2.24) is 20.1 Å². The van der Waals surface area contributed by atoms with E-state index >= 15 is 0 Å². The van der Waals surface area contributed by atoms with Crippen molar-refractivity contribution in [3.63, 3.8) is 0 Å². The Balaban J connectivity index is 1.73. The number of carbonyl (C=O) groups is 1. The van der Waals surface area contributed by atoms with Crippen molar-refractivity contribution in [1.29, 1.82) is 0 Å². The minimum absolute atomic E-state index is 0.119. The highest BCUT2D eigenvalue weighted by Crippen LogP contribution is 2.20. The molecule has 10 heteroatoms. The van der Waals surface area contributed by atoms with E-state index in [9.17, 15) is 18.0 Å². The molecule has 7 nitrogen and oxygen atoms in total. The summed E-state index contributed by atoms with van der Waals surface area (Å²) in [4.78, 5) is 16.2. The summed E-state index contributed by atoms with van der Waals surface area (Å²) >= 11 is 0. The number of benzene rings is 1. The van der Waals surface area contributed by atoms with E-state index in [0.717, 1.165) is 5.56 Å². The van der Waals surface area contributed by atoms with Crippen molar-refractivity contribution in [2.45, 2.75) is 12.7 Å². The van der Waals surface area contributed by atoms with Crippen molar-refractivity contribution >= 4 is 16.8 Å². The summed E-state index contributed by atoms with van der Waals surface area (Å²) in [7, 11) is 0. The lowest BCUT2D eigenvalue weighted by Gasteiger charge is -2.09. The number of aliphatic hydroxyl groups is 1. The van der Waals surface area contributed by atoms with Crippen LogP contribution < -0.4 is 10.1 Å². The number of fused-ring (bicyclic) bond motifs is 1. The van der Waals surface area contributed by atoms with E-state index in [1.54, 1.807) is 29.1 Å². The summed E-state index contributed by atoms with van der Waals surface area (Å²) in [6, 6.07) is 7.87. The Morgan fingerprint density at radius 1 is 1.21 bits per heavy atom. The standard InChI is InChI=1S/C18H17F3N4O3/c19-18(20,21)11-28-13-3-1-12(2-4-13)9-25-10-14-15(24-25)5-6-22-16(14)17(27)23-7-8-26/h1-6,10,26H,7-9,11H2,(H,23,27).